The molecule has 0 aliphatic heterocycles. The monoisotopic (exact) mass is 275 g/mol. The molecule has 2 aromatic rings. The molecule has 0 saturated heterocycles. The Morgan fingerprint density at radius 1 is 0.952 bits per heavy atom. The lowest BCUT2D eigenvalue weighted by Gasteiger charge is -2.17. The summed E-state index contributed by atoms with van der Waals surface area (Å²) in [5.74, 6) is 0.361. The zero-order valence-corrected chi connectivity index (χ0v) is 12.5. The number of allylic oxidation sites excluding steroid dienone is 4. The van der Waals surface area contributed by atoms with Crippen LogP contribution in [0.5, 0.6) is 0 Å². The fourth-order valence-corrected chi connectivity index (χ4v) is 2.91. The van der Waals surface area contributed by atoms with E-state index in [-0.39, 0.29) is 6.61 Å². The zero-order valence-electron chi connectivity index (χ0n) is 12.5. The molecule has 0 amide bonds. The van der Waals surface area contributed by atoms with Gasteiger partial charge in [-0.05, 0) is 36.1 Å². The standard InChI is InChI=1S/C20H19O/c1-14-7-12-18(15(14)2)20-6-4-3-5-19(20)17-10-8-16(13-21)9-11-17/h3-12,18H,13H2,1-2H3. The first kappa shape index (κ1) is 13.8. The molecule has 1 aliphatic rings. The molecular formula is C20H19O. The first-order chi connectivity index (χ1) is 10.2. The second-order valence-electron chi connectivity index (χ2n) is 5.63. The van der Waals surface area contributed by atoms with Crippen LogP contribution >= 0.6 is 0 Å². The molecular weight excluding hydrogens is 256 g/mol. The maximum Gasteiger partial charge on any atom is 0.107 e. The second kappa shape index (κ2) is 5.71. The topological polar surface area (TPSA) is 19.9 Å². The Morgan fingerprint density at radius 3 is 2.29 bits per heavy atom. The third kappa shape index (κ3) is 2.57. The van der Waals surface area contributed by atoms with Crippen molar-refractivity contribution in [3.8, 4) is 11.1 Å². The van der Waals surface area contributed by atoms with Crippen molar-refractivity contribution in [2.24, 2.45) is 0 Å². The molecule has 0 spiro atoms. The predicted octanol–water partition coefficient (Wildman–Crippen LogP) is 5.27. The van der Waals surface area contributed by atoms with Gasteiger partial charge in [0.1, 0.15) is 6.61 Å². The third-order valence-corrected chi connectivity index (χ3v) is 4.35. The van der Waals surface area contributed by atoms with Crippen LogP contribution in [0.25, 0.3) is 11.1 Å². The van der Waals surface area contributed by atoms with Crippen molar-refractivity contribution in [3.05, 3.63) is 83.0 Å². The van der Waals surface area contributed by atoms with E-state index in [4.69, 9.17) is 0 Å². The molecule has 0 saturated carbocycles. The van der Waals surface area contributed by atoms with Gasteiger partial charge in [0.2, 0.25) is 0 Å². The van der Waals surface area contributed by atoms with Gasteiger partial charge in [0.25, 0.3) is 0 Å². The van der Waals surface area contributed by atoms with E-state index in [9.17, 15) is 5.11 Å². The molecule has 0 heterocycles. The van der Waals surface area contributed by atoms with Gasteiger partial charge in [-0.3, -0.25) is 0 Å². The first-order valence-electron chi connectivity index (χ1n) is 7.32. The first-order valence-corrected chi connectivity index (χ1v) is 7.32. The van der Waals surface area contributed by atoms with Crippen molar-refractivity contribution in [2.45, 2.75) is 26.4 Å². The molecule has 0 N–H and O–H groups in total. The molecule has 21 heavy (non-hydrogen) atoms. The molecule has 1 heteroatoms. The Kier molecular flexibility index (Phi) is 3.76. The molecule has 0 aromatic heterocycles. The second-order valence-corrected chi connectivity index (χ2v) is 5.63. The van der Waals surface area contributed by atoms with E-state index in [2.05, 4.69) is 62.4 Å². The Bertz CT molecular complexity index is 705. The minimum Gasteiger partial charge on any atom is -0.232 e. The van der Waals surface area contributed by atoms with E-state index in [0.717, 1.165) is 5.56 Å². The average molecular weight is 275 g/mol. The van der Waals surface area contributed by atoms with Gasteiger partial charge >= 0.3 is 0 Å². The summed E-state index contributed by atoms with van der Waals surface area (Å²) in [6.45, 7) is 4.21. The Balaban J connectivity index is 2.06. The van der Waals surface area contributed by atoms with Crippen molar-refractivity contribution >= 4 is 0 Å². The van der Waals surface area contributed by atoms with Gasteiger partial charge in [-0.25, -0.2) is 5.11 Å². The average Bonchev–Trinajstić information content (AvgIpc) is 2.87. The van der Waals surface area contributed by atoms with Crippen LogP contribution < -0.4 is 0 Å². The SMILES string of the molecule is CC1=C(C)C(c2ccccc2-c2ccc(C[O])cc2)C=C1. The molecule has 1 nitrogen and oxygen atoms in total. The van der Waals surface area contributed by atoms with Crippen LogP contribution in [-0.2, 0) is 11.7 Å². The van der Waals surface area contributed by atoms with Gasteiger partial charge in [-0.1, -0.05) is 71.8 Å². The molecule has 1 atom stereocenters. The molecule has 1 radical (unpaired) electrons. The summed E-state index contributed by atoms with van der Waals surface area (Å²) in [6, 6.07) is 16.5. The van der Waals surface area contributed by atoms with Crippen molar-refractivity contribution in [1.29, 1.82) is 0 Å². The molecule has 0 bridgehead atoms. The Hall–Kier alpha value is -2.12. The fourth-order valence-electron chi connectivity index (χ4n) is 2.91. The van der Waals surface area contributed by atoms with Gasteiger partial charge in [-0.15, -0.1) is 0 Å². The van der Waals surface area contributed by atoms with E-state index < -0.39 is 0 Å². The van der Waals surface area contributed by atoms with Gasteiger partial charge in [0.05, 0.1) is 0 Å². The Morgan fingerprint density at radius 2 is 1.67 bits per heavy atom. The highest BCUT2D eigenvalue weighted by Gasteiger charge is 2.19. The quantitative estimate of drug-likeness (QED) is 0.727. The van der Waals surface area contributed by atoms with E-state index >= 15 is 0 Å². The zero-order chi connectivity index (χ0) is 14.8. The van der Waals surface area contributed by atoms with Gasteiger partial charge in [0, 0.05) is 5.92 Å². The lowest BCUT2D eigenvalue weighted by Crippen LogP contribution is -1.98. The molecule has 3 rings (SSSR count). The van der Waals surface area contributed by atoms with Crippen molar-refractivity contribution < 1.29 is 5.11 Å². The van der Waals surface area contributed by atoms with E-state index in [1.807, 2.05) is 12.1 Å². The molecule has 2 aromatic carbocycles. The summed E-state index contributed by atoms with van der Waals surface area (Å²) < 4.78 is 0. The summed E-state index contributed by atoms with van der Waals surface area (Å²) in [5, 5.41) is 10.9. The highest BCUT2D eigenvalue weighted by atomic mass is 16.3. The van der Waals surface area contributed by atoms with Crippen LogP contribution in [0.3, 0.4) is 0 Å². The summed E-state index contributed by atoms with van der Waals surface area (Å²) in [6.07, 6.45) is 4.48. The van der Waals surface area contributed by atoms with Crippen molar-refractivity contribution in [2.75, 3.05) is 0 Å². The summed E-state index contributed by atoms with van der Waals surface area (Å²) in [5.41, 5.74) is 7.37. The number of hydrogen-bond donors (Lipinski definition) is 0. The summed E-state index contributed by atoms with van der Waals surface area (Å²) in [4.78, 5) is 0. The number of hydrogen-bond acceptors (Lipinski definition) is 0. The lowest BCUT2D eigenvalue weighted by atomic mass is 9.87. The summed E-state index contributed by atoms with van der Waals surface area (Å²) in [7, 11) is 0. The molecule has 1 unspecified atom stereocenters. The maximum atomic E-state index is 10.9. The van der Waals surface area contributed by atoms with Crippen LogP contribution in [0, 0.1) is 0 Å². The normalized spacial score (nSPS) is 17.6. The smallest absolute Gasteiger partial charge is 0.107 e. The molecule has 1 aliphatic carbocycles. The molecule has 0 fully saturated rings. The van der Waals surface area contributed by atoms with Crippen molar-refractivity contribution in [3.63, 3.8) is 0 Å². The van der Waals surface area contributed by atoms with Crippen LogP contribution in [-0.4, -0.2) is 0 Å². The lowest BCUT2D eigenvalue weighted by molar-refractivity contribution is 0.177. The third-order valence-electron chi connectivity index (χ3n) is 4.35. The molecule has 105 valence electrons. The van der Waals surface area contributed by atoms with Gasteiger partial charge < -0.3 is 0 Å². The van der Waals surface area contributed by atoms with Crippen LogP contribution in [0.15, 0.2) is 71.8 Å². The number of rotatable bonds is 3. The number of benzene rings is 2. The fraction of sp³-hybridized carbons (Fsp3) is 0.200. The van der Waals surface area contributed by atoms with Crippen molar-refractivity contribution in [1.82, 2.24) is 0 Å². The van der Waals surface area contributed by atoms with E-state index in [1.54, 1.807) is 0 Å². The minimum atomic E-state index is -0.158. The maximum absolute atomic E-state index is 10.9. The Labute approximate surface area is 126 Å². The highest BCUT2D eigenvalue weighted by molar-refractivity contribution is 5.70. The highest BCUT2D eigenvalue weighted by Crippen LogP contribution is 2.38. The summed E-state index contributed by atoms with van der Waals surface area (Å²) >= 11 is 0. The minimum absolute atomic E-state index is 0.158. The van der Waals surface area contributed by atoms with Gasteiger partial charge in [0.15, 0.2) is 0 Å². The van der Waals surface area contributed by atoms with Crippen LogP contribution in [0.1, 0.15) is 30.9 Å². The van der Waals surface area contributed by atoms with Gasteiger partial charge in [-0.2, -0.15) is 0 Å². The van der Waals surface area contributed by atoms with Crippen LogP contribution in [0.4, 0.5) is 0 Å². The van der Waals surface area contributed by atoms with E-state index in [0.29, 0.717) is 5.92 Å². The van der Waals surface area contributed by atoms with Crippen LogP contribution in [0.2, 0.25) is 0 Å². The van der Waals surface area contributed by atoms with E-state index in [1.165, 1.54) is 27.8 Å². The largest absolute Gasteiger partial charge is 0.232 e. The predicted molar refractivity (Wildman–Crippen MR) is 86.5 cm³/mol.